The molecule has 0 aliphatic heterocycles. The van der Waals surface area contributed by atoms with Gasteiger partial charge >= 0.3 is 0 Å². The molecule has 0 saturated carbocycles. The molecule has 0 unspecified atom stereocenters. The highest BCUT2D eigenvalue weighted by atomic mass is 35.5. The zero-order chi connectivity index (χ0) is 9.10. The van der Waals surface area contributed by atoms with E-state index in [0.717, 1.165) is 11.1 Å². The van der Waals surface area contributed by atoms with Crippen molar-refractivity contribution in [2.24, 2.45) is 5.73 Å². The van der Waals surface area contributed by atoms with Gasteiger partial charge in [-0.05, 0) is 16.8 Å². The molecule has 2 rings (SSSR count). The van der Waals surface area contributed by atoms with Crippen molar-refractivity contribution in [1.82, 2.24) is 20.6 Å². The Morgan fingerprint density at radius 3 is 2.73 bits per heavy atom. The molecule has 0 aliphatic rings. The van der Waals surface area contributed by atoms with E-state index < -0.39 is 0 Å². The summed E-state index contributed by atoms with van der Waals surface area (Å²) in [5.41, 5.74) is 7.49. The van der Waals surface area contributed by atoms with Gasteiger partial charge in [0.15, 0.2) is 0 Å². The number of nitrogens with one attached hydrogen (secondary N) is 1. The third kappa shape index (κ3) is 2.98. The number of benzene rings is 1. The lowest BCUT2D eigenvalue weighted by molar-refractivity contribution is 0.824. The minimum Gasteiger partial charge on any atom is -0.412 e. The van der Waals surface area contributed by atoms with Crippen molar-refractivity contribution in [3.05, 3.63) is 29.8 Å². The average Bonchev–Trinajstić information content (AvgIpc) is 2.71. The van der Waals surface area contributed by atoms with Gasteiger partial charge in [-0.2, -0.15) is 5.21 Å². The van der Waals surface area contributed by atoms with Crippen LogP contribution < -0.4 is 5.73 Å². The number of nitrogens with two attached hydrogens (primary N) is 1. The zero-order valence-corrected chi connectivity index (χ0v) is 8.66. The maximum Gasteiger partial charge on any atom is 0.204 e. The van der Waals surface area contributed by atoms with Crippen LogP contribution in [-0.4, -0.2) is 26.1 Å². The van der Waals surface area contributed by atoms with Crippen LogP contribution in [0.1, 0.15) is 5.56 Å². The van der Waals surface area contributed by atoms with Gasteiger partial charge in [-0.1, -0.05) is 18.2 Å². The summed E-state index contributed by atoms with van der Waals surface area (Å²) in [4.78, 5) is 0. The van der Waals surface area contributed by atoms with Crippen molar-refractivity contribution in [2.45, 2.75) is 6.54 Å². The van der Waals surface area contributed by atoms with Gasteiger partial charge in [-0.3, -0.25) is 0 Å². The third-order valence-corrected chi connectivity index (χ3v) is 1.77. The first-order valence-corrected chi connectivity index (χ1v) is 3.93. The molecule has 0 radical (unpaired) electrons. The fourth-order valence-corrected chi connectivity index (χ4v) is 1.12. The Labute approximate surface area is 92.6 Å². The first-order chi connectivity index (χ1) is 6.40. The van der Waals surface area contributed by atoms with Crippen molar-refractivity contribution in [1.29, 1.82) is 0 Å². The van der Waals surface area contributed by atoms with Crippen LogP contribution in [-0.2, 0) is 6.54 Å². The van der Waals surface area contributed by atoms with Crippen molar-refractivity contribution >= 4 is 12.4 Å². The Hall–Kier alpha value is -1.50. The predicted molar refractivity (Wildman–Crippen MR) is 58.4 cm³/mol. The third-order valence-electron chi connectivity index (χ3n) is 1.77. The van der Waals surface area contributed by atoms with Gasteiger partial charge in [-0.15, -0.1) is 22.6 Å². The van der Waals surface area contributed by atoms with Gasteiger partial charge in [0.1, 0.15) is 0 Å². The van der Waals surface area contributed by atoms with Crippen molar-refractivity contribution in [3.8, 4) is 11.4 Å². The Balaban J connectivity index is 0.000000980. The van der Waals surface area contributed by atoms with Gasteiger partial charge in [0.25, 0.3) is 0 Å². The molecule has 6 nitrogen and oxygen atoms in total. The summed E-state index contributed by atoms with van der Waals surface area (Å²) in [5.74, 6) is 0.593. The molecule has 0 spiro atoms. The van der Waals surface area contributed by atoms with Crippen molar-refractivity contribution in [3.63, 3.8) is 0 Å². The summed E-state index contributed by atoms with van der Waals surface area (Å²) in [6.07, 6.45) is 0. The molecule has 0 aliphatic carbocycles. The molecule has 5 N–H and O–H groups in total. The maximum absolute atomic E-state index is 5.51. The van der Waals surface area contributed by atoms with Crippen LogP contribution in [0.2, 0.25) is 0 Å². The monoisotopic (exact) mass is 229 g/mol. The van der Waals surface area contributed by atoms with Crippen LogP contribution in [0.5, 0.6) is 0 Å². The van der Waals surface area contributed by atoms with E-state index in [-0.39, 0.29) is 17.9 Å². The van der Waals surface area contributed by atoms with E-state index in [1.165, 1.54) is 0 Å². The van der Waals surface area contributed by atoms with Gasteiger partial charge < -0.3 is 11.2 Å². The zero-order valence-electron chi connectivity index (χ0n) is 7.84. The molecule has 0 atom stereocenters. The summed E-state index contributed by atoms with van der Waals surface area (Å²) in [6, 6.07) is 7.76. The summed E-state index contributed by atoms with van der Waals surface area (Å²) in [6.45, 7) is 0.520. The average molecular weight is 230 g/mol. The standard InChI is InChI=1S/C8H9N5.ClH.H2O/c9-5-6-2-1-3-7(4-6)8-10-12-13-11-8;;/h1-4H,5,9H2,(H,10,11,12,13);1H;1H2. The quantitative estimate of drug-likeness (QED) is 0.750. The molecular weight excluding hydrogens is 218 g/mol. The molecule has 0 fully saturated rings. The van der Waals surface area contributed by atoms with E-state index >= 15 is 0 Å². The Morgan fingerprint density at radius 1 is 1.33 bits per heavy atom. The van der Waals surface area contributed by atoms with Crippen LogP contribution in [0, 0.1) is 0 Å². The number of hydrogen-bond donors (Lipinski definition) is 2. The molecule has 15 heavy (non-hydrogen) atoms. The number of tetrazole rings is 1. The number of aromatic amines is 1. The van der Waals surface area contributed by atoms with E-state index in [9.17, 15) is 0 Å². The van der Waals surface area contributed by atoms with Gasteiger partial charge in [-0.25, -0.2) is 0 Å². The highest BCUT2D eigenvalue weighted by Gasteiger charge is 2.01. The SMILES string of the molecule is Cl.NCc1cccc(-c2nn[nH]n2)c1.O. The lowest BCUT2D eigenvalue weighted by Gasteiger charge is -1.97. The molecule has 82 valence electrons. The van der Waals surface area contributed by atoms with Crippen LogP contribution >= 0.6 is 12.4 Å². The maximum atomic E-state index is 5.51. The molecule has 2 aromatic rings. The van der Waals surface area contributed by atoms with Crippen LogP contribution in [0.3, 0.4) is 0 Å². The Kier molecular flexibility index (Phi) is 5.46. The minimum atomic E-state index is 0. The number of halogens is 1. The van der Waals surface area contributed by atoms with Crippen molar-refractivity contribution in [2.75, 3.05) is 0 Å². The fourth-order valence-electron chi connectivity index (χ4n) is 1.12. The van der Waals surface area contributed by atoms with E-state index in [1.807, 2.05) is 24.3 Å². The second-order valence-electron chi connectivity index (χ2n) is 2.64. The first-order valence-electron chi connectivity index (χ1n) is 3.93. The topological polar surface area (TPSA) is 112 Å². The number of aromatic nitrogens is 4. The molecular formula is C8H12ClN5O. The summed E-state index contributed by atoms with van der Waals surface area (Å²) < 4.78 is 0. The number of nitrogens with zero attached hydrogens (tertiary/aromatic N) is 3. The van der Waals surface area contributed by atoms with Crippen LogP contribution in [0.15, 0.2) is 24.3 Å². The fraction of sp³-hybridized carbons (Fsp3) is 0.125. The van der Waals surface area contributed by atoms with Crippen LogP contribution in [0.4, 0.5) is 0 Å². The van der Waals surface area contributed by atoms with Gasteiger partial charge in [0.05, 0.1) is 0 Å². The predicted octanol–water partition coefficient (Wildman–Crippen LogP) is -0.0775. The van der Waals surface area contributed by atoms with E-state index in [2.05, 4.69) is 20.6 Å². The Bertz CT molecular complexity index is 392. The Morgan fingerprint density at radius 2 is 2.13 bits per heavy atom. The van der Waals surface area contributed by atoms with Gasteiger partial charge in [0.2, 0.25) is 5.82 Å². The molecule has 1 heterocycles. The molecule has 1 aromatic heterocycles. The molecule has 1 aromatic carbocycles. The summed E-state index contributed by atoms with van der Waals surface area (Å²) in [5, 5.41) is 13.6. The number of H-pyrrole nitrogens is 1. The highest BCUT2D eigenvalue weighted by molar-refractivity contribution is 5.85. The number of rotatable bonds is 2. The van der Waals surface area contributed by atoms with Gasteiger partial charge in [0, 0.05) is 12.1 Å². The lowest BCUT2D eigenvalue weighted by Crippen LogP contribution is -1.96. The summed E-state index contributed by atoms with van der Waals surface area (Å²) in [7, 11) is 0. The van der Waals surface area contributed by atoms with Crippen LogP contribution in [0.25, 0.3) is 11.4 Å². The second kappa shape index (κ2) is 6.07. The molecule has 0 saturated heterocycles. The summed E-state index contributed by atoms with van der Waals surface area (Å²) >= 11 is 0. The highest BCUT2D eigenvalue weighted by Crippen LogP contribution is 2.14. The van der Waals surface area contributed by atoms with E-state index in [1.54, 1.807) is 0 Å². The normalized spacial score (nSPS) is 8.87. The molecule has 7 heteroatoms. The smallest absolute Gasteiger partial charge is 0.204 e. The first kappa shape index (κ1) is 13.5. The second-order valence-corrected chi connectivity index (χ2v) is 2.64. The van der Waals surface area contributed by atoms with E-state index in [4.69, 9.17) is 5.73 Å². The molecule has 0 amide bonds. The number of hydrogen-bond acceptors (Lipinski definition) is 4. The molecule has 0 bridgehead atoms. The van der Waals surface area contributed by atoms with Crippen molar-refractivity contribution < 1.29 is 5.48 Å². The minimum absolute atomic E-state index is 0. The largest absolute Gasteiger partial charge is 0.412 e. The van der Waals surface area contributed by atoms with E-state index in [0.29, 0.717) is 12.4 Å². The lowest BCUT2D eigenvalue weighted by atomic mass is 10.1.